The van der Waals surface area contributed by atoms with Crippen molar-refractivity contribution in [1.82, 2.24) is 26.2 Å². The van der Waals surface area contributed by atoms with Gasteiger partial charge in [-0.2, -0.15) is 0 Å². The third kappa shape index (κ3) is 17.3. The monoisotopic (exact) mass is 1360 g/mol. The Kier molecular flexibility index (Phi) is 23.7. The van der Waals surface area contributed by atoms with Gasteiger partial charge in [-0.15, -0.1) is 0 Å². The summed E-state index contributed by atoms with van der Waals surface area (Å²) in [7, 11) is 0. The number of carbonyl (C=O) groups is 7. The van der Waals surface area contributed by atoms with Crippen LogP contribution in [0, 0.1) is 5.92 Å². The van der Waals surface area contributed by atoms with E-state index in [-0.39, 0.29) is 63.4 Å². The second kappa shape index (κ2) is 32.9. The molecule has 5 aliphatic heterocycles. The summed E-state index contributed by atoms with van der Waals surface area (Å²) >= 11 is 0. The van der Waals surface area contributed by atoms with E-state index in [2.05, 4.69) is 21.3 Å². The van der Waals surface area contributed by atoms with Gasteiger partial charge in [-0.3, -0.25) is 19.3 Å². The van der Waals surface area contributed by atoms with Crippen LogP contribution in [0.1, 0.15) is 75.6 Å². The number of hydrogen-bond acceptors (Lipinski definition) is 24. The van der Waals surface area contributed by atoms with Crippen LogP contribution in [0.15, 0.2) is 146 Å². The first-order chi connectivity index (χ1) is 47.4. The average Bonchev–Trinajstić information content (AvgIpc) is 1.56. The molecule has 1 saturated carbocycles. The highest BCUT2D eigenvalue weighted by atomic mass is 16.8. The van der Waals surface area contributed by atoms with Gasteiger partial charge in [0, 0.05) is 13.0 Å². The Balaban J connectivity index is 0.897. The van der Waals surface area contributed by atoms with Crippen molar-refractivity contribution in [2.24, 2.45) is 5.92 Å². The van der Waals surface area contributed by atoms with E-state index in [1.807, 2.05) is 0 Å². The molecule has 1 aliphatic carbocycles. The SMILES string of the molecule is CC[C@@H]1O[C@H](O[C@H]2[C@@H](O)[C@H](O[C@@H]3[C@@H](O)[C@H](CC(=O)[C@@H](O)CCNC(=O)OCc4ccccc4)C[C@H](NC(=O)OCc4ccccc4)[C@H]3O[C@H]3O[C@H](CN4C(=O)c5ccccc5C4=O)[C@@H]4O[C@@H]4[C@H]3NC(=O)OCc3ccccc3)O[C@@H]2CO)[C@H](NC(=O)OCc2ccccc2)[C@@H](O)[C@@H]1O. The Morgan fingerprint density at radius 3 is 1.50 bits per heavy atom. The molecule has 29 heteroatoms. The number of nitrogens with zero attached hydrogens (tertiary/aromatic N) is 1. The molecule has 5 fully saturated rings. The molecule has 10 N–H and O–H groups in total. The molecule has 98 heavy (non-hydrogen) atoms. The van der Waals surface area contributed by atoms with E-state index < -0.39 is 184 Å². The summed E-state index contributed by atoms with van der Waals surface area (Å²) in [4.78, 5) is 97.2. The highest BCUT2D eigenvalue weighted by molar-refractivity contribution is 6.21. The lowest BCUT2D eigenvalue weighted by Crippen LogP contribution is -2.66. The van der Waals surface area contributed by atoms with Gasteiger partial charge >= 0.3 is 24.4 Å². The van der Waals surface area contributed by atoms with Gasteiger partial charge in [0.1, 0.15) is 106 Å². The number of ketones is 1. The summed E-state index contributed by atoms with van der Waals surface area (Å²) in [6, 6.07) is 36.8. The molecule has 0 bridgehead atoms. The van der Waals surface area contributed by atoms with Gasteiger partial charge in [0.2, 0.25) is 0 Å². The predicted molar refractivity (Wildman–Crippen MR) is 336 cm³/mol. The molecule has 5 heterocycles. The minimum Gasteiger partial charge on any atom is -0.445 e. The van der Waals surface area contributed by atoms with Crippen LogP contribution in [0.5, 0.6) is 0 Å². The van der Waals surface area contributed by atoms with Crippen molar-refractivity contribution in [3.63, 3.8) is 0 Å². The number of imide groups is 1. The van der Waals surface area contributed by atoms with Crippen molar-refractivity contribution < 1.29 is 116 Å². The molecule has 4 saturated heterocycles. The van der Waals surface area contributed by atoms with Crippen molar-refractivity contribution in [2.45, 2.75) is 175 Å². The van der Waals surface area contributed by atoms with E-state index in [0.717, 1.165) is 4.90 Å². The number of alkyl carbamates (subject to hydrolysis) is 4. The molecule has 524 valence electrons. The third-order valence-corrected chi connectivity index (χ3v) is 17.9. The number of amides is 6. The fourth-order valence-corrected chi connectivity index (χ4v) is 12.7. The summed E-state index contributed by atoms with van der Waals surface area (Å²) in [6.07, 6.45) is -30.5. The number of carbonyl (C=O) groups excluding carboxylic acids is 7. The number of nitrogens with one attached hydrogen (secondary N) is 4. The fourth-order valence-electron chi connectivity index (χ4n) is 12.7. The molecule has 29 nitrogen and oxygen atoms in total. The van der Waals surface area contributed by atoms with Crippen LogP contribution in [0.3, 0.4) is 0 Å². The van der Waals surface area contributed by atoms with Gasteiger partial charge < -0.3 is 104 Å². The Morgan fingerprint density at radius 2 is 0.969 bits per heavy atom. The minimum atomic E-state index is -2.00. The summed E-state index contributed by atoms with van der Waals surface area (Å²) in [6.45, 7) is -0.556. The number of ether oxygens (including phenoxy) is 11. The maximum atomic E-state index is 14.3. The standard InChI is InChI=1S/C69H79N5O24/c1-2-47-53(79)54(80)50(72-68(86)90-35-39-21-11-5-12-22-39)63(92-47)97-57-49(32-75)94-65(55(57)81)98-60-52(78)41(30-46(77)45(76)27-28-70-66(84)88-33-37-17-7-3-8-18-37)29-44(71-67(85)89-34-38-19-9-4-10-20-38)56(60)96-64-51(73-69(87)91-36-40-23-13-6-14-24-40)59-58(95-59)48(93-64)31-74-61(82)42-25-15-16-26-43(42)62(74)83/h3-26,41,44-45,47-60,63-65,75-76,78-81H,2,27-36H2,1H3,(H,70,84)(H,71,85)(H,72,86)(H,73,87)/t41-,44-,45-,47-,48+,49+,50+,51+,52-,53+,54+,55+,56+,57+,58-,59+,60+,63+,64+,65-/m0/s1. The molecule has 0 unspecified atom stereocenters. The maximum absolute atomic E-state index is 14.3. The number of Topliss-reactive ketones (excluding diaryl/α,β-unsaturated/α-hetero) is 1. The van der Waals surface area contributed by atoms with Crippen molar-refractivity contribution in [2.75, 3.05) is 19.7 Å². The second-order valence-electron chi connectivity index (χ2n) is 24.6. The molecule has 6 amide bonds. The number of benzene rings is 5. The molecule has 0 radical (unpaired) electrons. The van der Waals surface area contributed by atoms with Crippen molar-refractivity contribution in [1.29, 1.82) is 0 Å². The fraction of sp³-hybridized carbons (Fsp3) is 0.464. The van der Waals surface area contributed by atoms with Gasteiger partial charge in [0.15, 0.2) is 24.7 Å². The molecule has 5 aromatic carbocycles. The first-order valence-electron chi connectivity index (χ1n) is 32.4. The predicted octanol–water partition coefficient (Wildman–Crippen LogP) is 2.77. The van der Waals surface area contributed by atoms with Crippen LogP contribution in [0.25, 0.3) is 0 Å². The van der Waals surface area contributed by atoms with E-state index in [1.165, 1.54) is 12.1 Å². The van der Waals surface area contributed by atoms with Gasteiger partial charge in [0.25, 0.3) is 11.8 Å². The molecular formula is C69H79N5O24. The van der Waals surface area contributed by atoms with Crippen molar-refractivity contribution in [3.8, 4) is 0 Å². The Morgan fingerprint density at radius 1 is 0.510 bits per heavy atom. The van der Waals surface area contributed by atoms with Crippen molar-refractivity contribution in [3.05, 3.63) is 179 Å². The Labute approximate surface area is 562 Å². The van der Waals surface area contributed by atoms with E-state index in [4.69, 9.17) is 52.1 Å². The quantitative estimate of drug-likeness (QED) is 0.0205. The zero-order valence-corrected chi connectivity index (χ0v) is 53.2. The number of hydrogen-bond donors (Lipinski definition) is 10. The van der Waals surface area contributed by atoms with E-state index in [0.29, 0.717) is 22.3 Å². The van der Waals surface area contributed by atoms with Crippen molar-refractivity contribution >= 4 is 42.0 Å². The van der Waals surface area contributed by atoms with Crippen LogP contribution in [0.2, 0.25) is 0 Å². The van der Waals surface area contributed by atoms with E-state index >= 15 is 0 Å². The molecule has 0 spiro atoms. The zero-order chi connectivity index (χ0) is 69.0. The average molecular weight is 1360 g/mol. The smallest absolute Gasteiger partial charge is 0.407 e. The highest BCUT2D eigenvalue weighted by Gasteiger charge is 2.62. The first-order valence-corrected chi connectivity index (χ1v) is 32.4. The summed E-state index contributed by atoms with van der Waals surface area (Å²) < 4.78 is 67.1. The summed E-state index contributed by atoms with van der Waals surface area (Å²) in [5.41, 5.74) is 2.85. The minimum absolute atomic E-state index is 0.0556. The number of fused-ring (bicyclic) bond motifs is 2. The van der Waals surface area contributed by atoms with Gasteiger partial charge in [-0.05, 0) is 59.6 Å². The van der Waals surface area contributed by atoms with Gasteiger partial charge in [0.05, 0.1) is 42.5 Å². The number of rotatable bonds is 27. The Bertz CT molecular complexity index is 3480. The lowest BCUT2D eigenvalue weighted by Gasteiger charge is -2.47. The molecule has 11 rings (SSSR count). The second-order valence-corrected chi connectivity index (χ2v) is 24.6. The molecule has 6 aliphatic rings. The van der Waals surface area contributed by atoms with Crippen LogP contribution >= 0.6 is 0 Å². The molecule has 20 atom stereocenters. The van der Waals surface area contributed by atoms with Crippen LogP contribution < -0.4 is 21.3 Å². The van der Waals surface area contributed by atoms with E-state index in [9.17, 15) is 64.2 Å². The molecule has 5 aromatic rings. The Hall–Kier alpha value is -8.53. The lowest BCUT2D eigenvalue weighted by atomic mass is 9.76. The number of aliphatic hydroxyl groups is 6. The largest absolute Gasteiger partial charge is 0.445 e. The summed E-state index contributed by atoms with van der Waals surface area (Å²) in [5.74, 6) is -3.37. The van der Waals surface area contributed by atoms with Gasteiger partial charge in [-0.1, -0.05) is 140 Å². The summed E-state index contributed by atoms with van der Waals surface area (Å²) in [5, 5.41) is 80.9. The zero-order valence-electron chi connectivity index (χ0n) is 53.2. The van der Waals surface area contributed by atoms with Gasteiger partial charge in [-0.25, -0.2) is 19.2 Å². The van der Waals surface area contributed by atoms with Crippen LogP contribution in [-0.2, 0) is 83.3 Å². The number of aliphatic hydroxyl groups excluding tert-OH is 6. The molecule has 0 aromatic heterocycles. The normalized spacial score (nSPS) is 30.4. The first kappa shape index (κ1) is 70.8. The highest BCUT2D eigenvalue weighted by Crippen LogP contribution is 2.43. The third-order valence-electron chi connectivity index (χ3n) is 17.9. The number of epoxide rings is 1. The maximum Gasteiger partial charge on any atom is 0.407 e. The topological polar surface area (TPSA) is 397 Å². The van der Waals surface area contributed by atoms with Crippen LogP contribution in [0.4, 0.5) is 19.2 Å². The van der Waals surface area contributed by atoms with Crippen LogP contribution in [-0.4, -0.2) is 214 Å². The van der Waals surface area contributed by atoms with E-state index in [1.54, 1.807) is 140 Å². The molecular weight excluding hydrogens is 1280 g/mol. The lowest BCUT2D eigenvalue weighted by molar-refractivity contribution is -0.293.